The molecule has 7 nitrogen and oxygen atoms in total. The van der Waals surface area contributed by atoms with Crippen LogP contribution in [0.3, 0.4) is 0 Å². The van der Waals surface area contributed by atoms with E-state index in [1.165, 1.54) is 11.3 Å². The molecule has 0 unspecified atom stereocenters. The Morgan fingerprint density at radius 2 is 1.90 bits per heavy atom. The number of carbonyl (C=O) groups is 2. The highest BCUT2D eigenvalue weighted by Crippen LogP contribution is 2.14. The van der Waals surface area contributed by atoms with Crippen molar-refractivity contribution in [1.82, 2.24) is 20.0 Å². The lowest BCUT2D eigenvalue weighted by Gasteiger charge is -2.34. The zero-order chi connectivity index (χ0) is 15.2. The lowest BCUT2D eigenvalue weighted by molar-refractivity contribution is -0.134. The first-order valence-electron chi connectivity index (χ1n) is 7.18. The Balaban J connectivity index is 1.70. The number of hydrogen-bond donors (Lipinski definition) is 1. The Morgan fingerprint density at radius 1 is 1.19 bits per heavy atom. The molecule has 0 aliphatic carbocycles. The maximum Gasteiger partial charge on any atom is 0.226 e. The van der Waals surface area contributed by atoms with Crippen LogP contribution in [-0.2, 0) is 9.59 Å². The van der Waals surface area contributed by atoms with Crippen LogP contribution < -0.4 is 5.32 Å². The third kappa shape index (κ3) is 4.75. The van der Waals surface area contributed by atoms with E-state index in [-0.39, 0.29) is 24.7 Å². The molecule has 2 rings (SSSR count). The summed E-state index contributed by atoms with van der Waals surface area (Å²) in [6.45, 7) is 8.31. The summed E-state index contributed by atoms with van der Waals surface area (Å²) in [6.07, 6.45) is 0.432. The van der Waals surface area contributed by atoms with Gasteiger partial charge in [-0.15, -0.1) is 10.2 Å². The number of piperazine rings is 1. The number of aryl methyl sites for hydroxylation is 1. The van der Waals surface area contributed by atoms with Gasteiger partial charge in [-0.3, -0.25) is 9.59 Å². The summed E-state index contributed by atoms with van der Waals surface area (Å²) in [7, 11) is 0. The predicted octanol–water partition coefficient (Wildman–Crippen LogP) is 0.729. The number of amides is 2. The molecule has 0 aromatic carbocycles. The number of anilines is 1. The topological polar surface area (TPSA) is 78.4 Å². The maximum atomic E-state index is 12.1. The fourth-order valence-corrected chi connectivity index (χ4v) is 2.83. The SMILES string of the molecule is CCN1CCN(C(=O)CCC(=O)Nc2nnc(C)s2)CC1. The van der Waals surface area contributed by atoms with Crippen molar-refractivity contribution in [2.45, 2.75) is 26.7 Å². The van der Waals surface area contributed by atoms with Crippen LogP contribution in [0.25, 0.3) is 0 Å². The monoisotopic (exact) mass is 311 g/mol. The van der Waals surface area contributed by atoms with E-state index in [0.29, 0.717) is 5.13 Å². The molecule has 21 heavy (non-hydrogen) atoms. The highest BCUT2D eigenvalue weighted by Gasteiger charge is 2.20. The van der Waals surface area contributed by atoms with Gasteiger partial charge in [0.15, 0.2) is 0 Å². The lowest BCUT2D eigenvalue weighted by Crippen LogP contribution is -2.48. The average Bonchev–Trinajstić information content (AvgIpc) is 2.90. The molecule has 8 heteroatoms. The Morgan fingerprint density at radius 3 is 2.48 bits per heavy atom. The number of carbonyl (C=O) groups excluding carboxylic acids is 2. The van der Waals surface area contributed by atoms with E-state index in [2.05, 4.69) is 27.3 Å². The first kappa shape index (κ1) is 15.8. The highest BCUT2D eigenvalue weighted by atomic mass is 32.1. The van der Waals surface area contributed by atoms with Crippen LogP contribution in [0.15, 0.2) is 0 Å². The lowest BCUT2D eigenvalue weighted by atomic mass is 10.2. The Bertz CT molecular complexity index is 497. The van der Waals surface area contributed by atoms with Crippen LogP contribution in [0.4, 0.5) is 5.13 Å². The van der Waals surface area contributed by atoms with Gasteiger partial charge in [-0.05, 0) is 13.5 Å². The van der Waals surface area contributed by atoms with Crippen molar-refractivity contribution >= 4 is 28.3 Å². The Kier molecular flexibility index (Phi) is 5.63. The van der Waals surface area contributed by atoms with Crippen molar-refractivity contribution in [2.24, 2.45) is 0 Å². The van der Waals surface area contributed by atoms with Crippen molar-refractivity contribution in [3.8, 4) is 0 Å². The standard InChI is InChI=1S/C13H21N5O2S/c1-3-17-6-8-18(9-7-17)12(20)5-4-11(19)14-13-16-15-10(2)21-13/h3-9H2,1-2H3,(H,14,16,19). The molecule has 1 aromatic heterocycles. The number of hydrogen-bond acceptors (Lipinski definition) is 6. The molecule has 2 heterocycles. The van der Waals surface area contributed by atoms with E-state index in [1.807, 2.05) is 11.8 Å². The van der Waals surface area contributed by atoms with E-state index >= 15 is 0 Å². The molecule has 1 aliphatic heterocycles. The van der Waals surface area contributed by atoms with Crippen LogP contribution in [0.1, 0.15) is 24.8 Å². The molecule has 0 atom stereocenters. The van der Waals surface area contributed by atoms with Crippen molar-refractivity contribution in [1.29, 1.82) is 0 Å². The van der Waals surface area contributed by atoms with Gasteiger partial charge in [0.05, 0.1) is 0 Å². The van der Waals surface area contributed by atoms with E-state index in [4.69, 9.17) is 0 Å². The fourth-order valence-electron chi connectivity index (χ4n) is 2.22. The first-order chi connectivity index (χ1) is 10.1. The van der Waals surface area contributed by atoms with Gasteiger partial charge >= 0.3 is 0 Å². The third-order valence-electron chi connectivity index (χ3n) is 3.51. The van der Waals surface area contributed by atoms with E-state index in [1.54, 1.807) is 0 Å². The van der Waals surface area contributed by atoms with Gasteiger partial charge in [0.1, 0.15) is 5.01 Å². The highest BCUT2D eigenvalue weighted by molar-refractivity contribution is 7.15. The van der Waals surface area contributed by atoms with Gasteiger partial charge in [0.2, 0.25) is 16.9 Å². The Hall–Kier alpha value is -1.54. The smallest absolute Gasteiger partial charge is 0.226 e. The molecular formula is C13H21N5O2S. The molecule has 0 saturated carbocycles. The summed E-state index contributed by atoms with van der Waals surface area (Å²) >= 11 is 1.33. The normalized spacial score (nSPS) is 16.0. The summed E-state index contributed by atoms with van der Waals surface area (Å²) in [5, 5.41) is 11.6. The predicted molar refractivity (Wildman–Crippen MR) is 81.2 cm³/mol. The third-order valence-corrected chi connectivity index (χ3v) is 4.26. The second-order valence-electron chi connectivity index (χ2n) is 4.99. The van der Waals surface area contributed by atoms with Gasteiger partial charge in [0.25, 0.3) is 0 Å². The summed E-state index contributed by atoms with van der Waals surface area (Å²) < 4.78 is 0. The second kappa shape index (κ2) is 7.46. The molecule has 1 aromatic rings. The average molecular weight is 311 g/mol. The minimum Gasteiger partial charge on any atom is -0.340 e. The molecule has 0 radical (unpaired) electrons. The second-order valence-corrected chi connectivity index (χ2v) is 6.17. The minimum atomic E-state index is -0.188. The van der Waals surface area contributed by atoms with Gasteiger partial charge in [0, 0.05) is 39.0 Å². The van der Waals surface area contributed by atoms with E-state index in [0.717, 1.165) is 37.7 Å². The molecule has 1 saturated heterocycles. The minimum absolute atomic E-state index is 0.0503. The molecule has 0 bridgehead atoms. The number of nitrogens with one attached hydrogen (secondary N) is 1. The van der Waals surface area contributed by atoms with Crippen molar-refractivity contribution < 1.29 is 9.59 Å². The fraction of sp³-hybridized carbons (Fsp3) is 0.692. The maximum absolute atomic E-state index is 12.1. The first-order valence-corrected chi connectivity index (χ1v) is 8.00. The van der Waals surface area contributed by atoms with Gasteiger partial charge < -0.3 is 15.1 Å². The molecule has 116 valence electrons. The quantitative estimate of drug-likeness (QED) is 0.867. The zero-order valence-corrected chi connectivity index (χ0v) is 13.3. The number of likely N-dealkylation sites (N-methyl/N-ethyl adjacent to an activating group) is 1. The summed E-state index contributed by atoms with van der Waals surface area (Å²) in [5.41, 5.74) is 0. The van der Waals surface area contributed by atoms with Crippen LogP contribution in [-0.4, -0.2) is 64.5 Å². The number of aromatic nitrogens is 2. The van der Waals surface area contributed by atoms with Gasteiger partial charge in [-0.2, -0.15) is 0 Å². The summed E-state index contributed by atoms with van der Waals surface area (Å²) in [5.74, 6) is -0.138. The van der Waals surface area contributed by atoms with Crippen molar-refractivity contribution in [3.63, 3.8) is 0 Å². The van der Waals surface area contributed by atoms with Gasteiger partial charge in [-0.1, -0.05) is 18.3 Å². The van der Waals surface area contributed by atoms with Crippen molar-refractivity contribution in [3.05, 3.63) is 5.01 Å². The zero-order valence-electron chi connectivity index (χ0n) is 12.5. The van der Waals surface area contributed by atoms with Crippen molar-refractivity contribution in [2.75, 3.05) is 38.0 Å². The van der Waals surface area contributed by atoms with E-state index < -0.39 is 0 Å². The van der Waals surface area contributed by atoms with Crippen LogP contribution in [0, 0.1) is 6.92 Å². The summed E-state index contributed by atoms with van der Waals surface area (Å²) in [4.78, 5) is 28.0. The van der Waals surface area contributed by atoms with Gasteiger partial charge in [-0.25, -0.2) is 0 Å². The van der Waals surface area contributed by atoms with Crippen LogP contribution in [0.5, 0.6) is 0 Å². The number of nitrogens with zero attached hydrogens (tertiary/aromatic N) is 4. The largest absolute Gasteiger partial charge is 0.340 e. The molecule has 1 N–H and O–H groups in total. The van der Waals surface area contributed by atoms with Crippen LogP contribution >= 0.6 is 11.3 Å². The Labute approximate surface area is 128 Å². The molecule has 1 fully saturated rings. The summed E-state index contributed by atoms with van der Waals surface area (Å²) in [6, 6.07) is 0. The molecule has 2 amide bonds. The molecular weight excluding hydrogens is 290 g/mol. The number of rotatable bonds is 5. The van der Waals surface area contributed by atoms with Crippen LogP contribution in [0.2, 0.25) is 0 Å². The molecule has 0 spiro atoms. The molecule has 1 aliphatic rings. The van der Waals surface area contributed by atoms with E-state index in [9.17, 15) is 9.59 Å².